The number of hydrogen-bond acceptors (Lipinski definition) is 4. The summed E-state index contributed by atoms with van der Waals surface area (Å²) in [6.45, 7) is 3.03. The lowest BCUT2D eigenvalue weighted by Gasteiger charge is -2.35. The van der Waals surface area contributed by atoms with Gasteiger partial charge >= 0.3 is 6.03 Å². The molecule has 1 aliphatic rings. The van der Waals surface area contributed by atoms with Gasteiger partial charge in [0.2, 0.25) is 0 Å². The highest BCUT2D eigenvalue weighted by Gasteiger charge is 2.22. The zero-order chi connectivity index (χ0) is 19.6. The topological polar surface area (TPSA) is 77.4 Å². The monoisotopic (exact) mass is 378 g/mol. The van der Waals surface area contributed by atoms with Crippen LogP contribution in [-0.2, 0) is 0 Å². The van der Waals surface area contributed by atoms with E-state index in [0.29, 0.717) is 24.8 Å². The average molecular weight is 378 g/mol. The molecule has 28 heavy (non-hydrogen) atoms. The van der Waals surface area contributed by atoms with E-state index >= 15 is 0 Å². The number of nitriles is 1. The number of amides is 2. The Morgan fingerprint density at radius 1 is 1.14 bits per heavy atom. The van der Waals surface area contributed by atoms with Gasteiger partial charge in [0.25, 0.3) is 0 Å². The summed E-state index contributed by atoms with van der Waals surface area (Å²) < 4.78 is 5.81. The van der Waals surface area contributed by atoms with E-state index in [1.165, 1.54) is 12.8 Å². The van der Waals surface area contributed by atoms with Gasteiger partial charge in [-0.05, 0) is 55.8 Å². The maximum absolute atomic E-state index is 12.1. The molecule has 0 spiro atoms. The molecule has 1 unspecified atom stereocenters. The van der Waals surface area contributed by atoms with Crippen molar-refractivity contribution in [3.63, 3.8) is 0 Å². The van der Waals surface area contributed by atoms with E-state index in [0.717, 1.165) is 30.9 Å². The van der Waals surface area contributed by atoms with Crippen LogP contribution >= 0.6 is 0 Å². The van der Waals surface area contributed by atoms with Gasteiger partial charge in [-0.25, -0.2) is 4.79 Å². The normalized spacial score (nSPS) is 16.8. The predicted octanol–water partition coefficient (Wildman–Crippen LogP) is 3.61. The van der Waals surface area contributed by atoms with Gasteiger partial charge in [-0.2, -0.15) is 5.26 Å². The average Bonchev–Trinajstić information content (AvgIpc) is 2.74. The molecule has 1 saturated heterocycles. The SMILES string of the molecule is N#Cc1ccc(OCCN2CCCCC2CNC(=O)Nc2ccccc2)cc1. The molecule has 1 heterocycles. The number of rotatable bonds is 7. The van der Waals surface area contributed by atoms with Crippen molar-refractivity contribution in [1.29, 1.82) is 5.26 Å². The standard InChI is InChI=1S/C22H26N4O2/c23-16-18-9-11-21(12-10-18)28-15-14-26-13-5-4-8-20(26)17-24-22(27)25-19-6-2-1-3-7-19/h1-3,6-7,9-12,20H,4-5,8,13-15,17H2,(H2,24,25,27). The number of carbonyl (C=O) groups is 1. The van der Waals surface area contributed by atoms with Crippen molar-refractivity contribution in [3.8, 4) is 11.8 Å². The van der Waals surface area contributed by atoms with E-state index in [1.807, 2.05) is 42.5 Å². The molecular formula is C22H26N4O2. The Morgan fingerprint density at radius 2 is 1.93 bits per heavy atom. The maximum atomic E-state index is 12.1. The number of nitrogens with one attached hydrogen (secondary N) is 2. The van der Waals surface area contributed by atoms with Gasteiger partial charge in [0.15, 0.2) is 0 Å². The summed E-state index contributed by atoms with van der Waals surface area (Å²) in [6.07, 6.45) is 3.42. The van der Waals surface area contributed by atoms with Crippen LogP contribution in [0.3, 0.4) is 0 Å². The lowest BCUT2D eigenvalue weighted by Crippen LogP contribution is -2.48. The van der Waals surface area contributed by atoms with Crippen molar-refractivity contribution in [2.75, 3.05) is 31.6 Å². The summed E-state index contributed by atoms with van der Waals surface area (Å²) in [6, 6.07) is 18.9. The lowest BCUT2D eigenvalue weighted by molar-refractivity contribution is 0.123. The highest BCUT2D eigenvalue weighted by Crippen LogP contribution is 2.17. The third-order valence-corrected chi connectivity index (χ3v) is 4.91. The van der Waals surface area contributed by atoms with E-state index in [2.05, 4.69) is 21.6 Å². The Kier molecular flexibility index (Phi) is 7.28. The number of benzene rings is 2. The number of urea groups is 1. The van der Waals surface area contributed by atoms with Crippen molar-refractivity contribution < 1.29 is 9.53 Å². The number of piperidine rings is 1. The van der Waals surface area contributed by atoms with Gasteiger partial charge in [-0.15, -0.1) is 0 Å². The van der Waals surface area contributed by atoms with Crippen molar-refractivity contribution in [1.82, 2.24) is 10.2 Å². The Balaban J connectivity index is 1.42. The minimum atomic E-state index is -0.175. The van der Waals surface area contributed by atoms with Gasteiger partial charge in [0, 0.05) is 24.8 Å². The zero-order valence-corrected chi connectivity index (χ0v) is 15.9. The number of ether oxygens (including phenoxy) is 1. The highest BCUT2D eigenvalue weighted by molar-refractivity contribution is 5.89. The molecule has 1 aliphatic heterocycles. The molecule has 2 aromatic carbocycles. The summed E-state index contributed by atoms with van der Waals surface area (Å²) >= 11 is 0. The Labute approximate surface area is 166 Å². The van der Waals surface area contributed by atoms with Crippen LogP contribution in [0, 0.1) is 11.3 Å². The Hall–Kier alpha value is -3.04. The second-order valence-corrected chi connectivity index (χ2v) is 6.87. The maximum Gasteiger partial charge on any atom is 0.319 e. The fraction of sp³-hybridized carbons (Fsp3) is 0.364. The Morgan fingerprint density at radius 3 is 2.68 bits per heavy atom. The number of carbonyl (C=O) groups excluding carboxylic acids is 1. The predicted molar refractivity (Wildman–Crippen MR) is 109 cm³/mol. The fourth-order valence-electron chi connectivity index (χ4n) is 3.40. The molecule has 146 valence electrons. The van der Waals surface area contributed by atoms with Gasteiger partial charge in [0.1, 0.15) is 12.4 Å². The van der Waals surface area contributed by atoms with Crippen molar-refractivity contribution in [2.45, 2.75) is 25.3 Å². The number of likely N-dealkylation sites (tertiary alicyclic amines) is 1. The fourth-order valence-corrected chi connectivity index (χ4v) is 3.40. The molecule has 6 heteroatoms. The second kappa shape index (κ2) is 10.3. The molecule has 2 aromatic rings. The molecule has 6 nitrogen and oxygen atoms in total. The molecule has 3 rings (SSSR count). The van der Waals surface area contributed by atoms with Crippen molar-refractivity contribution >= 4 is 11.7 Å². The van der Waals surface area contributed by atoms with Crippen LogP contribution in [0.1, 0.15) is 24.8 Å². The lowest BCUT2D eigenvalue weighted by atomic mass is 10.0. The third-order valence-electron chi connectivity index (χ3n) is 4.91. The van der Waals surface area contributed by atoms with Gasteiger partial charge in [0.05, 0.1) is 11.6 Å². The van der Waals surface area contributed by atoms with E-state index in [9.17, 15) is 4.79 Å². The van der Waals surface area contributed by atoms with Crippen molar-refractivity contribution in [3.05, 3.63) is 60.2 Å². The molecule has 2 amide bonds. The number of nitrogens with zero attached hydrogens (tertiary/aromatic N) is 2. The third kappa shape index (κ3) is 6.00. The minimum Gasteiger partial charge on any atom is -0.492 e. The molecule has 0 aliphatic carbocycles. The molecule has 0 saturated carbocycles. The first-order chi connectivity index (χ1) is 13.7. The van der Waals surface area contributed by atoms with E-state index in [-0.39, 0.29) is 6.03 Å². The number of para-hydroxylation sites is 1. The Bertz CT molecular complexity index is 786. The van der Waals surface area contributed by atoms with Crippen LogP contribution < -0.4 is 15.4 Å². The summed E-state index contributed by atoms with van der Waals surface area (Å²) in [5.41, 5.74) is 1.42. The summed E-state index contributed by atoms with van der Waals surface area (Å²) in [5.74, 6) is 0.771. The second-order valence-electron chi connectivity index (χ2n) is 6.87. The van der Waals surface area contributed by atoms with Crippen LogP contribution in [0.25, 0.3) is 0 Å². The van der Waals surface area contributed by atoms with Gasteiger partial charge in [-0.1, -0.05) is 24.6 Å². The first kappa shape index (κ1) is 19.7. The van der Waals surface area contributed by atoms with Crippen LogP contribution in [0.5, 0.6) is 5.75 Å². The van der Waals surface area contributed by atoms with Crippen LogP contribution in [-0.4, -0.2) is 43.2 Å². The first-order valence-corrected chi connectivity index (χ1v) is 9.71. The van der Waals surface area contributed by atoms with E-state index in [4.69, 9.17) is 10.00 Å². The first-order valence-electron chi connectivity index (χ1n) is 9.71. The summed E-state index contributed by atoms with van der Waals surface area (Å²) in [5, 5.41) is 14.7. The molecule has 1 fully saturated rings. The smallest absolute Gasteiger partial charge is 0.319 e. The molecule has 0 bridgehead atoms. The minimum absolute atomic E-state index is 0.175. The number of hydrogen-bond donors (Lipinski definition) is 2. The van der Waals surface area contributed by atoms with Gasteiger partial charge < -0.3 is 15.4 Å². The summed E-state index contributed by atoms with van der Waals surface area (Å²) in [4.78, 5) is 14.5. The van der Waals surface area contributed by atoms with Crippen molar-refractivity contribution in [2.24, 2.45) is 0 Å². The molecule has 1 atom stereocenters. The molecule has 2 N–H and O–H groups in total. The molecule has 0 radical (unpaired) electrons. The quantitative estimate of drug-likeness (QED) is 0.771. The summed E-state index contributed by atoms with van der Waals surface area (Å²) in [7, 11) is 0. The zero-order valence-electron chi connectivity index (χ0n) is 15.9. The van der Waals surface area contributed by atoms with Crippen LogP contribution in [0.4, 0.5) is 10.5 Å². The molecular weight excluding hydrogens is 352 g/mol. The molecule has 0 aromatic heterocycles. The van der Waals surface area contributed by atoms with Gasteiger partial charge in [-0.3, -0.25) is 4.90 Å². The van der Waals surface area contributed by atoms with Crippen LogP contribution in [0.2, 0.25) is 0 Å². The highest BCUT2D eigenvalue weighted by atomic mass is 16.5. The van der Waals surface area contributed by atoms with E-state index in [1.54, 1.807) is 12.1 Å². The number of anilines is 1. The van der Waals surface area contributed by atoms with Crippen LogP contribution in [0.15, 0.2) is 54.6 Å². The largest absolute Gasteiger partial charge is 0.492 e. The van der Waals surface area contributed by atoms with E-state index < -0.39 is 0 Å².